The number of aromatic nitrogens is 2. The van der Waals surface area contributed by atoms with Crippen LogP contribution in [-0.4, -0.2) is 40.7 Å². The van der Waals surface area contributed by atoms with Gasteiger partial charge in [-0.15, -0.1) is 0 Å². The van der Waals surface area contributed by atoms with Gasteiger partial charge in [0.25, 0.3) is 0 Å². The van der Waals surface area contributed by atoms with E-state index in [1.807, 2.05) is 0 Å². The molecule has 18 heavy (non-hydrogen) atoms. The van der Waals surface area contributed by atoms with Gasteiger partial charge in [0.1, 0.15) is 0 Å². The van der Waals surface area contributed by atoms with Crippen LogP contribution < -0.4 is 5.32 Å². The standard InChI is InChI=1S/C13H22N4O/c1-9(2)13-15-12(18-16-13)8-17-6-10-4-3-5-14-11(10)7-17/h9-11,14H,3-8H2,1-2H3/t10-,11+/m0/s1. The van der Waals surface area contributed by atoms with Crippen molar-refractivity contribution < 1.29 is 4.52 Å². The molecule has 2 saturated heterocycles. The Hall–Kier alpha value is -0.940. The van der Waals surface area contributed by atoms with Crippen LogP contribution in [0.2, 0.25) is 0 Å². The molecule has 5 nitrogen and oxygen atoms in total. The van der Waals surface area contributed by atoms with Crippen LogP contribution in [0, 0.1) is 5.92 Å². The second-order valence-electron chi connectivity index (χ2n) is 5.86. The second kappa shape index (κ2) is 4.97. The van der Waals surface area contributed by atoms with E-state index < -0.39 is 0 Å². The molecular weight excluding hydrogens is 228 g/mol. The normalized spacial score (nSPS) is 28.8. The third kappa shape index (κ3) is 2.42. The Labute approximate surface area is 108 Å². The maximum atomic E-state index is 5.32. The molecule has 3 rings (SSSR count). The molecule has 5 heteroatoms. The number of fused-ring (bicyclic) bond motifs is 1. The third-order valence-electron chi connectivity index (χ3n) is 4.03. The predicted molar refractivity (Wildman–Crippen MR) is 68.2 cm³/mol. The highest BCUT2D eigenvalue weighted by molar-refractivity contribution is 4.95. The van der Waals surface area contributed by atoms with Crippen LogP contribution in [0.5, 0.6) is 0 Å². The maximum Gasteiger partial charge on any atom is 0.240 e. The Morgan fingerprint density at radius 3 is 3.06 bits per heavy atom. The summed E-state index contributed by atoms with van der Waals surface area (Å²) in [6.45, 7) is 8.43. The van der Waals surface area contributed by atoms with Crippen molar-refractivity contribution in [1.82, 2.24) is 20.4 Å². The van der Waals surface area contributed by atoms with Gasteiger partial charge in [-0.2, -0.15) is 4.98 Å². The Balaban J connectivity index is 1.59. The number of nitrogens with one attached hydrogen (secondary N) is 1. The smallest absolute Gasteiger partial charge is 0.240 e. The maximum absolute atomic E-state index is 5.32. The van der Waals surface area contributed by atoms with Crippen molar-refractivity contribution in [3.8, 4) is 0 Å². The summed E-state index contributed by atoms with van der Waals surface area (Å²) in [5.41, 5.74) is 0. The molecule has 3 heterocycles. The number of rotatable bonds is 3. The summed E-state index contributed by atoms with van der Waals surface area (Å²) in [6, 6.07) is 0.672. The van der Waals surface area contributed by atoms with Gasteiger partial charge in [0, 0.05) is 25.0 Å². The molecule has 0 amide bonds. The summed E-state index contributed by atoms with van der Waals surface area (Å²) in [7, 11) is 0. The van der Waals surface area contributed by atoms with E-state index in [0.717, 1.165) is 37.3 Å². The van der Waals surface area contributed by atoms with Gasteiger partial charge in [-0.05, 0) is 25.3 Å². The van der Waals surface area contributed by atoms with Gasteiger partial charge < -0.3 is 9.84 Å². The zero-order valence-corrected chi connectivity index (χ0v) is 11.2. The van der Waals surface area contributed by atoms with Crippen LogP contribution in [0.25, 0.3) is 0 Å². The van der Waals surface area contributed by atoms with Gasteiger partial charge in [0.2, 0.25) is 5.89 Å². The number of piperidine rings is 1. The monoisotopic (exact) mass is 250 g/mol. The lowest BCUT2D eigenvalue weighted by atomic mass is 9.94. The van der Waals surface area contributed by atoms with E-state index in [9.17, 15) is 0 Å². The van der Waals surface area contributed by atoms with E-state index in [2.05, 4.69) is 34.2 Å². The molecule has 0 aliphatic carbocycles. The number of likely N-dealkylation sites (tertiary alicyclic amines) is 1. The highest BCUT2D eigenvalue weighted by Crippen LogP contribution is 2.25. The van der Waals surface area contributed by atoms with Gasteiger partial charge >= 0.3 is 0 Å². The number of hydrogen-bond donors (Lipinski definition) is 1. The van der Waals surface area contributed by atoms with Crippen molar-refractivity contribution in [3.05, 3.63) is 11.7 Å². The van der Waals surface area contributed by atoms with Crippen molar-refractivity contribution in [1.29, 1.82) is 0 Å². The molecule has 1 aromatic rings. The number of hydrogen-bond acceptors (Lipinski definition) is 5. The summed E-state index contributed by atoms with van der Waals surface area (Å²) >= 11 is 0. The Morgan fingerprint density at radius 1 is 1.44 bits per heavy atom. The topological polar surface area (TPSA) is 54.2 Å². The van der Waals surface area contributed by atoms with Gasteiger partial charge in [0.05, 0.1) is 6.54 Å². The van der Waals surface area contributed by atoms with E-state index in [0.29, 0.717) is 12.0 Å². The second-order valence-corrected chi connectivity index (χ2v) is 5.86. The minimum atomic E-state index is 0.338. The molecule has 2 atom stereocenters. The molecule has 0 radical (unpaired) electrons. The van der Waals surface area contributed by atoms with Crippen LogP contribution >= 0.6 is 0 Å². The lowest BCUT2D eigenvalue weighted by Gasteiger charge is -2.24. The molecule has 100 valence electrons. The lowest BCUT2D eigenvalue weighted by molar-refractivity contribution is 0.258. The summed E-state index contributed by atoms with van der Waals surface area (Å²) in [4.78, 5) is 6.89. The zero-order chi connectivity index (χ0) is 12.5. The molecule has 0 bridgehead atoms. The fourth-order valence-corrected chi connectivity index (χ4v) is 3.02. The van der Waals surface area contributed by atoms with Crippen molar-refractivity contribution in [3.63, 3.8) is 0 Å². The molecule has 2 aliphatic rings. The fraction of sp³-hybridized carbons (Fsp3) is 0.846. The minimum Gasteiger partial charge on any atom is -0.338 e. The molecule has 0 spiro atoms. The summed E-state index contributed by atoms with van der Waals surface area (Å²) in [5, 5.41) is 7.63. The average Bonchev–Trinajstić information content (AvgIpc) is 2.94. The van der Waals surface area contributed by atoms with E-state index in [4.69, 9.17) is 4.52 Å². The van der Waals surface area contributed by atoms with E-state index >= 15 is 0 Å². The van der Waals surface area contributed by atoms with E-state index in [1.54, 1.807) is 0 Å². The quantitative estimate of drug-likeness (QED) is 0.878. The molecule has 2 aliphatic heterocycles. The molecule has 1 N–H and O–H groups in total. The van der Waals surface area contributed by atoms with E-state index in [1.165, 1.54) is 19.4 Å². The minimum absolute atomic E-state index is 0.338. The first-order chi connectivity index (χ1) is 8.72. The Kier molecular flexibility index (Phi) is 3.35. The highest BCUT2D eigenvalue weighted by Gasteiger charge is 2.34. The summed E-state index contributed by atoms with van der Waals surface area (Å²) in [5.74, 6) is 2.73. The first-order valence-electron chi connectivity index (χ1n) is 7.00. The molecule has 1 aromatic heterocycles. The first kappa shape index (κ1) is 12.1. The van der Waals surface area contributed by atoms with Crippen LogP contribution in [0.15, 0.2) is 4.52 Å². The third-order valence-corrected chi connectivity index (χ3v) is 4.03. The average molecular weight is 250 g/mol. The summed E-state index contributed by atoms with van der Waals surface area (Å²) in [6.07, 6.45) is 2.67. The zero-order valence-electron chi connectivity index (χ0n) is 11.2. The SMILES string of the molecule is CC(C)c1noc(CN2C[C@@H]3CCCN[C@@H]3C2)n1. The molecule has 0 unspecified atom stereocenters. The lowest BCUT2D eigenvalue weighted by Crippen LogP contribution is -2.40. The van der Waals surface area contributed by atoms with Gasteiger partial charge in [-0.25, -0.2) is 0 Å². The first-order valence-corrected chi connectivity index (χ1v) is 7.00. The van der Waals surface area contributed by atoms with Crippen molar-refractivity contribution >= 4 is 0 Å². The van der Waals surface area contributed by atoms with Crippen LogP contribution in [-0.2, 0) is 6.54 Å². The van der Waals surface area contributed by atoms with Crippen LogP contribution in [0.3, 0.4) is 0 Å². The van der Waals surface area contributed by atoms with Crippen LogP contribution in [0.4, 0.5) is 0 Å². The summed E-state index contributed by atoms with van der Waals surface area (Å²) < 4.78 is 5.32. The Morgan fingerprint density at radius 2 is 2.33 bits per heavy atom. The van der Waals surface area contributed by atoms with Crippen molar-refractivity contribution in [2.75, 3.05) is 19.6 Å². The molecule has 0 saturated carbocycles. The fourth-order valence-electron chi connectivity index (χ4n) is 3.02. The molecular formula is C13H22N4O. The van der Waals surface area contributed by atoms with Crippen molar-refractivity contribution in [2.45, 2.75) is 45.2 Å². The highest BCUT2D eigenvalue weighted by atomic mass is 16.5. The van der Waals surface area contributed by atoms with Crippen molar-refractivity contribution in [2.24, 2.45) is 5.92 Å². The largest absolute Gasteiger partial charge is 0.338 e. The van der Waals surface area contributed by atoms with Gasteiger partial charge in [0.15, 0.2) is 5.82 Å². The van der Waals surface area contributed by atoms with Crippen LogP contribution in [0.1, 0.15) is 44.3 Å². The predicted octanol–water partition coefficient (Wildman–Crippen LogP) is 1.38. The molecule has 0 aromatic carbocycles. The van der Waals surface area contributed by atoms with E-state index in [-0.39, 0.29) is 0 Å². The van der Waals surface area contributed by atoms with Gasteiger partial charge in [-0.3, -0.25) is 4.90 Å². The number of nitrogens with zero attached hydrogens (tertiary/aromatic N) is 3. The van der Waals surface area contributed by atoms with Gasteiger partial charge in [-0.1, -0.05) is 19.0 Å². The molecule has 2 fully saturated rings. The Bertz CT molecular complexity index is 389.